The first-order valence-electron chi connectivity index (χ1n) is 10.3. The number of hydrogen-bond acceptors (Lipinski definition) is 3. The van der Waals surface area contributed by atoms with E-state index in [0.717, 1.165) is 49.9 Å². The molecule has 6 fully saturated rings. The summed E-state index contributed by atoms with van der Waals surface area (Å²) >= 11 is 6.57. The molecule has 3 aromatic rings. The van der Waals surface area contributed by atoms with E-state index in [4.69, 9.17) is 28.1 Å². The number of nitrogens with two attached hydrogens (primary N) is 2. The number of aromatic amines is 1. The van der Waals surface area contributed by atoms with Gasteiger partial charge in [0.15, 0.2) is 0 Å². The van der Waals surface area contributed by atoms with Crippen LogP contribution >= 0.6 is 11.6 Å². The molecule has 0 aliphatic heterocycles. The highest BCUT2D eigenvalue weighted by Gasteiger charge is 2.68. The number of aromatic nitrogens is 2. The smallest absolute Gasteiger partial charge is 0.133 e. The number of hydrogen-bond donors (Lipinski definition) is 3. The second-order valence-corrected chi connectivity index (χ2v) is 10.9. The van der Waals surface area contributed by atoms with E-state index in [1.54, 1.807) is 6.07 Å². The third-order valence-corrected chi connectivity index (χ3v) is 8.43. The number of imidazole rings is 1. The van der Waals surface area contributed by atoms with Gasteiger partial charge in [0.1, 0.15) is 11.6 Å². The Bertz CT molecular complexity index is 1210. The Hall–Kier alpha value is -1.95. The zero-order chi connectivity index (χ0) is 19.8. The van der Waals surface area contributed by atoms with Gasteiger partial charge in [-0.2, -0.15) is 0 Å². The van der Waals surface area contributed by atoms with Gasteiger partial charge < -0.3 is 16.5 Å². The highest BCUT2D eigenvalue weighted by atomic mass is 35.5. The molecule has 0 unspecified atom stereocenters. The molecule has 2 aromatic carbocycles. The summed E-state index contributed by atoms with van der Waals surface area (Å²) in [5.74, 6) is 0.638. The average molecular weight is 409 g/mol. The number of H-pyrrole nitrogens is 1. The zero-order valence-electron chi connectivity index (χ0n) is 16.0. The van der Waals surface area contributed by atoms with Crippen molar-refractivity contribution in [1.82, 2.24) is 9.97 Å². The van der Waals surface area contributed by atoms with Gasteiger partial charge >= 0.3 is 0 Å². The Kier molecular flexibility index (Phi) is 2.72. The normalized spacial score (nSPS) is 38.8. The molecule has 0 spiro atoms. The van der Waals surface area contributed by atoms with E-state index in [1.807, 2.05) is 6.07 Å². The lowest BCUT2D eigenvalue weighted by Gasteiger charge is -2.69. The van der Waals surface area contributed by atoms with Crippen LogP contribution in [-0.2, 0) is 10.8 Å². The van der Waals surface area contributed by atoms with Crippen LogP contribution in [0.2, 0.25) is 5.02 Å². The summed E-state index contributed by atoms with van der Waals surface area (Å²) in [6.07, 6.45) is 5.88. The van der Waals surface area contributed by atoms with Crippen LogP contribution in [0.4, 0.5) is 4.39 Å². The highest BCUT2D eigenvalue weighted by Crippen LogP contribution is 2.67. The summed E-state index contributed by atoms with van der Waals surface area (Å²) in [7, 11) is 0. The van der Waals surface area contributed by atoms with Crippen molar-refractivity contribution in [3.8, 4) is 11.1 Å². The SMILES string of the molecule is NC12CC(c3ccc(Cl)c(-c4c(F)ccc5[nH]c(C67CC(N)(C6)C7)nc45)c3)(C1)C2. The third-order valence-electron chi connectivity index (χ3n) is 8.10. The van der Waals surface area contributed by atoms with Crippen molar-refractivity contribution < 1.29 is 4.39 Å². The minimum absolute atomic E-state index is 0.00619. The lowest BCUT2D eigenvalue weighted by atomic mass is 9.38. The van der Waals surface area contributed by atoms with Gasteiger partial charge in [-0.25, -0.2) is 9.37 Å². The molecular weight excluding hydrogens is 387 g/mol. The highest BCUT2D eigenvalue weighted by molar-refractivity contribution is 6.33. The van der Waals surface area contributed by atoms with E-state index >= 15 is 4.39 Å². The van der Waals surface area contributed by atoms with Crippen molar-refractivity contribution in [3.05, 3.63) is 52.6 Å². The molecule has 0 radical (unpaired) electrons. The van der Waals surface area contributed by atoms with Crippen molar-refractivity contribution >= 4 is 22.6 Å². The lowest BCUT2D eigenvalue weighted by Crippen LogP contribution is -2.74. The molecule has 0 saturated heterocycles. The average Bonchev–Trinajstić information content (AvgIpc) is 2.99. The topological polar surface area (TPSA) is 80.7 Å². The summed E-state index contributed by atoms with van der Waals surface area (Å²) in [5, 5.41) is 0.546. The first-order valence-corrected chi connectivity index (χ1v) is 10.7. The predicted molar refractivity (Wildman–Crippen MR) is 111 cm³/mol. The Morgan fingerprint density at radius 2 is 1.59 bits per heavy atom. The molecular formula is C23H22ClFN4. The Labute approximate surface area is 172 Å². The molecule has 6 aliphatic rings. The number of benzene rings is 2. The van der Waals surface area contributed by atoms with Gasteiger partial charge in [0.05, 0.1) is 11.0 Å². The molecule has 0 atom stereocenters. The predicted octanol–water partition coefficient (Wildman–Crippen LogP) is 4.29. The van der Waals surface area contributed by atoms with Crippen LogP contribution in [0.3, 0.4) is 0 Å². The quantitative estimate of drug-likeness (QED) is 0.604. The third kappa shape index (κ3) is 1.94. The second-order valence-electron chi connectivity index (χ2n) is 10.4. The van der Waals surface area contributed by atoms with Gasteiger partial charge in [-0.05, 0) is 68.4 Å². The van der Waals surface area contributed by atoms with Crippen LogP contribution in [0.5, 0.6) is 0 Å². The zero-order valence-corrected chi connectivity index (χ0v) is 16.7. The van der Waals surface area contributed by atoms with Gasteiger partial charge in [0.2, 0.25) is 0 Å². The molecule has 6 aliphatic carbocycles. The molecule has 1 heterocycles. The summed E-state index contributed by atoms with van der Waals surface area (Å²) in [5.41, 5.74) is 16.6. The van der Waals surface area contributed by atoms with Gasteiger partial charge in [-0.15, -0.1) is 0 Å². The number of nitrogens with one attached hydrogen (secondary N) is 1. The summed E-state index contributed by atoms with van der Waals surface area (Å²) in [4.78, 5) is 8.31. The number of halogens is 2. The molecule has 6 heteroatoms. The number of rotatable bonds is 3. The minimum Gasteiger partial charge on any atom is -0.341 e. The fourth-order valence-electron chi connectivity index (χ4n) is 6.90. The number of fused-ring (bicyclic) bond motifs is 1. The van der Waals surface area contributed by atoms with E-state index in [2.05, 4.69) is 17.1 Å². The van der Waals surface area contributed by atoms with E-state index < -0.39 is 0 Å². The van der Waals surface area contributed by atoms with Gasteiger partial charge in [0.25, 0.3) is 0 Å². The van der Waals surface area contributed by atoms with Crippen molar-refractivity contribution in [3.63, 3.8) is 0 Å². The van der Waals surface area contributed by atoms with Crippen LogP contribution in [0.1, 0.15) is 49.9 Å². The Morgan fingerprint density at radius 1 is 0.931 bits per heavy atom. The maximum Gasteiger partial charge on any atom is 0.133 e. The maximum absolute atomic E-state index is 15.1. The molecule has 5 N–H and O–H groups in total. The molecule has 4 nitrogen and oxygen atoms in total. The Balaban J connectivity index is 1.37. The van der Waals surface area contributed by atoms with Crippen molar-refractivity contribution in [2.24, 2.45) is 11.5 Å². The van der Waals surface area contributed by atoms with E-state index in [9.17, 15) is 0 Å². The van der Waals surface area contributed by atoms with Gasteiger partial charge in [-0.1, -0.05) is 17.7 Å². The number of nitrogens with zero attached hydrogens (tertiary/aromatic N) is 1. The molecule has 148 valence electrons. The first kappa shape index (κ1) is 16.8. The van der Waals surface area contributed by atoms with E-state index in [0.29, 0.717) is 21.7 Å². The summed E-state index contributed by atoms with van der Waals surface area (Å²) < 4.78 is 15.1. The molecule has 29 heavy (non-hydrogen) atoms. The first-order chi connectivity index (χ1) is 13.7. The monoisotopic (exact) mass is 408 g/mol. The van der Waals surface area contributed by atoms with Gasteiger partial charge in [0, 0.05) is 38.1 Å². The molecule has 9 rings (SSSR count). The lowest BCUT2D eigenvalue weighted by molar-refractivity contribution is -0.0645. The van der Waals surface area contributed by atoms with Crippen LogP contribution in [0, 0.1) is 5.82 Å². The van der Waals surface area contributed by atoms with Gasteiger partial charge in [-0.3, -0.25) is 0 Å². The molecule has 1 aromatic heterocycles. The fraction of sp³-hybridized carbons (Fsp3) is 0.435. The molecule has 0 amide bonds. The minimum atomic E-state index is -0.296. The van der Waals surface area contributed by atoms with E-state index in [-0.39, 0.29) is 27.7 Å². The Morgan fingerprint density at radius 3 is 2.24 bits per heavy atom. The van der Waals surface area contributed by atoms with Crippen molar-refractivity contribution in [2.45, 2.75) is 60.4 Å². The van der Waals surface area contributed by atoms with E-state index in [1.165, 1.54) is 11.6 Å². The van der Waals surface area contributed by atoms with Crippen LogP contribution in [0.15, 0.2) is 30.3 Å². The summed E-state index contributed by atoms with van der Waals surface area (Å²) in [6.45, 7) is 0. The largest absolute Gasteiger partial charge is 0.341 e. The maximum atomic E-state index is 15.1. The molecule has 4 bridgehead atoms. The fourth-order valence-corrected chi connectivity index (χ4v) is 7.11. The second kappa shape index (κ2) is 4.69. The molecule has 6 saturated carbocycles. The van der Waals surface area contributed by atoms with Crippen LogP contribution in [0.25, 0.3) is 22.2 Å². The van der Waals surface area contributed by atoms with Crippen molar-refractivity contribution in [1.29, 1.82) is 0 Å². The standard InChI is InChI=1S/C23H22ClFN4/c24-14-2-1-12(20-6-22(26,7-20)8-20)5-13(14)17-15(25)3-4-16-18(17)29-19(28-16)21-9-23(27,10-21)11-21/h1-5H,6-11,26-27H2,(H,28,29). The van der Waals surface area contributed by atoms with Crippen LogP contribution < -0.4 is 11.5 Å². The summed E-state index contributed by atoms with van der Waals surface area (Å²) in [6, 6.07) is 9.29. The van der Waals surface area contributed by atoms with Crippen LogP contribution in [-0.4, -0.2) is 21.0 Å². The van der Waals surface area contributed by atoms with Crippen molar-refractivity contribution in [2.75, 3.05) is 0 Å².